The van der Waals surface area contributed by atoms with Crippen LogP contribution in [0.25, 0.3) is 32.7 Å². The second kappa shape index (κ2) is 8.37. The van der Waals surface area contributed by atoms with Crippen molar-refractivity contribution in [2.45, 2.75) is 13.3 Å². The van der Waals surface area contributed by atoms with E-state index in [1.807, 2.05) is 72.4 Å². The third kappa shape index (κ3) is 3.82. The fourth-order valence-corrected chi connectivity index (χ4v) is 5.68. The van der Waals surface area contributed by atoms with Crippen LogP contribution in [0.15, 0.2) is 65.7 Å². The van der Waals surface area contributed by atoms with Gasteiger partial charge >= 0.3 is 0 Å². The van der Waals surface area contributed by atoms with Gasteiger partial charge in [-0.15, -0.1) is 11.3 Å². The Morgan fingerprint density at radius 2 is 1.87 bits per heavy atom. The summed E-state index contributed by atoms with van der Waals surface area (Å²) in [7, 11) is 0. The molecule has 0 aliphatic carbocycles. The first-order valence-electron chi connectivity index (χ1n) is 9.90. The molecular weight excluding hydrogens is 444 g/mol. The smallest absolute Gasteiger partial charge is 0.266 e. The summed E-state index contributed by atoms with van der Waals surface area (Å²) in [6.45, 7) is 2.67. The van der Waals surface area contributed by atoms with Crippen LogP contribution in [-0.4, -0.2) is 36.4 Å². The molecule has 1 saturated heterocycles. The molecule has 0 radical (unpaired) electrons. The number of para-hydroxylation sites is 2. The highest BCUT2D eigenvalue weighted by Crippen LogP contribution is 2.36. The fourth-order valence-electron chi connectivity index (χ4n) is 3.40. The molecule has 0 spiro atoms. The molecule has 0 atom stereocenters. The van der Waals surface area contributed by atoms with Gasteiger partial charge in [-0.2, -0.15) is 5.10 Å². The van der Waals surface area contributed by atoms with Crippen LogP contribution in [0.1, 0.15) is 18.9 Å². The summed E-state index contributed by atoms with van der Waals surface area (Å²) in [5.74, 6) is -0.0421. The quantitative estimate of drug-likeness (QED) is 0.279. The van der Waals surface area contributed by atoms with E-state index in [4.69, 9.17) is 22.3 Å². The third-order valence-electron chi connectivity index (χ3n) is 4.87. The maximum Gasteiger partial charge on any atom is 0.266 e. The van der Waals surface area contributed by atoms with Gasteiger partial charge in [0.05, 0.1) is 20.8 Å². The lowest BCUT2D eigenvalue weighted by molar-refractivity contribution is -0.122. The zero-order chi connectivity index (χ0) is 21.4. The van der Waals surface area contributed by atoms with Gasteiger partial charge in [-0.1, -0.05) is 61.2 Å². The van der Waals surface area contributed by atoms with E-state index >= 15 is 0 Å². The Bertz CT molecular complexity index is 1290. The van der Waals surface area contributed by atoms with E-state index in [2.05, 4.69) is 6.07 Å². The maximum absolute atomic E-state index is 12.9. The van der Waals surface area contributed by atoms with Gasteiger partial charge in [0.1, 0.15) is 15.0 Å². The zero-order valence-electron chi connectivity index (χ0n) is 16.7. The average Bonchev–Trinajstić information content (AvgIpc) is 3.47. The number of nitrogens with zero attached hydrogens (tertiary/aromatic N) is 4. The van der Waals surface area contributed by atoms with Gasteiger partial charge in [0.25, 0.3) is 5.91 Å². The van der Waals surface area contributed by atoms with E-state index in [0.717, 1.165) is 38.6 Å². The van der Waals surface area contributed by atoms with E-state index in [9.17, 15) is 4.79 Å². The van der Waals surface area contributed by atoms with Crippen molar-refractivity contribution in [1.82, 2.24) is 19.7 Å². The Morgan fingerprint density at radius 3 is 2.65 bits per heavy atom. The van der Waals surface area contributed by atoms with Gasteiger partial charge in [0, 0.05) is 18.3 Å². The number of carbonyl (C=O) groups excluding carboxylic acids is 1. The van der Waals surface area contributed by atoms with Crippen LogP contribution >= 0.6 is 35.3 Å². The van der Waals surface area contributed by atoms with E-state index in [1.54, 1.807) is 16.2 Å². The molecule has 5 nitrogen and oxygen atoms in total. The molecule has 31 heavy (non-hydrogen) atoms. The van der Waals surface area contributed by atoms with Crippen LogP contribution in [0.3, 0.4) is 0 Å². The fraction of sp³-hybridized carbons (Fsp3) is 0.130. The summed E-state index contributed by atoms with van der Waals surface area (Å²) in [6, 6.07) is 18.0. The SMILES string of the molecule is CCCN1C(=O)/C(=C/c2cn(-c3ccccc3)nc2-c2nc3ccccc3s2)SC1=S. The topological polar surface area (TPSA) is 51.0 Å². The Labute approximate surface area is 193 Å². The van der Waals surface area contributed by atoms with Crippen LogP contribution in [-0.2, 0) is 4.79 Å². The average molecular weight is 463 g/mol. The number of thioether (sulfide) groups is 1. The molecule has 0 saturated carbocycles. The molecule has 1 amide bonds. The number of amides is 1. The predicted molar refractivity (Wildman–Crippen MR) is 132 cm³/mol. The lowest BCUT2D eigenvalue weighted by Crippen LogP contribution is -2.28. The minimum atomic E-state index is -0.0421. The van der Waals surface area contributed by atoms with Gasteiger partial charge in [-0.25, -0.2) is 9.67 Å². The van der Waals surface area contributed by atoms with Crippen molar-refractivity contribution in [3.05, 3.63) is 71.3 Å². The number of fused-ring (bicyclic) bond motifs is 1. The molecule has 1 aliphatic rings. The summed E-state index contributed by atoms with van der Waals surface area (Å²) in [5, 5.41) is 5.67. The molecule has 2 aromatic heterocycles. The van der Waals surface area contributed by atoms with Crippen molar-refractivity contribution in [2.75, 3.05) is 6.54 Å². The van der Waals surface area contributed by atoms with Crippen molar-refractivity contribution in [3.63, 3.8) is 0 Å². The monoisotopic (exact) mass is 462 g/mol. The highest BCUT2D eigenvalue weighted by Gasteiger charge is 2.31. The summed E-state index contributed by atoms with van der Waals surface area (Å²) < 4.78 is 3.54. The number of benzene rings is 2. The normalized spacial score (nSPS) is 15.5. The van der Waals surface area contributed by atoms with E-state index < -0.39 is 0 Å². The Balaban J connectivity index is 1.63. The molecule has 2 aromatic carbocycles. The highest BCUT2D eigenvalue weighted by atomic mass is 32.2. The maximum atomic E-state index is 12.9. The largest absolute Gasteiger partial charge is 0.293 e. The number of hydrogen-bond acceptors (Lipinski definition) is 6. The van der Waals surface area contributed by atoms with Gasteiger partial charge in [-0.3, -0.25) is 9.69 Å². The van der Waals surface area contributed by atoms with Crippen molar-refractivity contribution in [1.29, 1.82) is 0 Å². The van der Waals surface area contributed by atoms with Gasteiger partial charge in [-0.05, 0) is 36.8 Å². The lowest BCUT2D eigenvalue weighted by atomic mass is 10.2. The number of thiocarbonyl (C=S) groups is 1. The summed E-state index contributed by atoms with van der Waals surface area (Å²) >= 11 is 8.37. The molecule has 3 heterocycles. The zero-order valence-corrected chi connectivity index (χ0v) is 19.1. The number of rotatable bonds is 5. The first kappa shape index (κ1) is 20.1. The summed E-state index contributed by atoms with van der Waals surface area (Å²) in [6.07, 6.45) is 4.70. The van der Waals surface area contributed by atoms with Crippen LogP contribution in [0.4, 0.5) is 0 Å². The molecule has 154 valence electrons. The minimum absolute atomic E-state index is 0.0421. The minimum Gasteiger partial charge on any atom is -0.293 e. The summed E-state index contributed by atoms with van der Waals surface area (Å²) in [4.78, 5) is 20.0. The molecule has 0 unspecified atom stereocenters. The Hall–Kier alpha value is -2.81. The number of aromatic nitrogens is 3. The molecule has 1 aliphatic heterocycles. The predicted octanol–water partition coefficient (Wildman–Crippen LogP) is 5.76. The van der Waals surface area contributed by atoms with Crippen molar-refractivity contribution in [2.24, 2.45) is 0 Å². The van der Waals surface area contributed by atoms with Gasteiger partial charge in [0.2, 0.25) is 0 Å². The standard InChI is InChI=1S/C23H18N4OS3/c1-2-12-26-22(28)19(31-23(26)29)13-15-14-27(16-8-4-3-5-9-16)25-20(15)21-24-17-10-6-7-11-18(17)30-21/h3-11,13-14H,2,12H2,1H3/b19-13-. The van der Waals surface area contributed by atoms with Crippen molar-refractivity contribution in [3.8, 4) is 16.4 Å². The second-order valence-corrected chi connectivity index (χ2v) is 9.74. The second-order valence-electron chi connectivity index (χ2n) is 7.03. The molecule has 0 bridgehead atoms. The molecule has 8 heteroatoms. The van der Waals surface area contributed by atoms with Crippen LogP contribution in [0.2, 0.25) is 0 Å². The van der Waals surface area contributed by atoms with E-state index in [1.165, 1.54) is 11.8 Å². The van der Waals surface area contributed by atoms with Crippen LogP contribution < -0.4 is 0 Å². The van der Waals surface area contributed by atoms with Crippen LogP contribution in [0, 0.1) is 0 Å². The summed E-state index contributed by atoms with van der Waals surface area (Å²) in [5.41, 5.74) is 3.49. The molecular formula is C23H18N4OS3. The van der Waals surface area contributed by atoms with Gasteiger partial charge < -0.3 is 0 Å². The molecule has 0 N–H and O–H groups in total. The Kier molecular flexibility index (Phi) is 5.43. The van der Waals surface area contributed by atoms with E-state index in [0.29, 0.717) is 15.8 Å². The Morgan fingerprint density at radius 1 is 1.10 bits per heavy atom. The number of hydrogen-bond donors (Lipinski definition) is 0. The van der Waals surface area contributed by atoms with Crippen molar-refractivity contribution < 1.29 is 4.79 Å². The first-order chi connectivity index (χ1) is 15.1. The van der Waals surface area contributed by atoms with Gasteiger partial charge in [0.15, 0.2) is 0 Å². The number of thiazole rings is 1. The first-order valence-corrected chi connectivity index (χ1v) is 11.9. The molecule has 1 fully saturated rings. The molecule has 5 rings (SSSR count). The van der Waals surface area contributed by atoms with E-state index in [-0.39, 0.29) is 5.91 Å². The number of carbonyl (C=O) groups is 1. The van der Waals surface area contributed by atoms with Crippen molar-refractivity contribution >= 4 is 61.8 Å². The molecule has 4 aromatic rings. The highest BCUT2D eigenvalue weighted by molar-refractivity contribution is 8.26. The van der Waals surface area contributed by atoms with Crippen LogP contribution in [0.5, 0.6) is 0 Å². The lowest BCUT2D eigenvalue weighted by Gasteiger charge is -2.11. The third-order valence-corrected chi connectivity index (χ3v) is 7.29.